The highest BCUT2D eigenvalue weighted by Crippen LogP contribution is 1.88. The summed E-state index contributed by atoms with van der Waals surface area (Å²) in [6.45, 7) is 7.32. The van der Waals surface area contributed by atoms with E-state index in [0.717, 1.165) is 19.4 Å². The Morgan fingerprint density at radius 1 is 0.818 bits per heavy atom. The highest BCUT2D eigenvalue weighted by atomic mass is 16.6. The van der Waals surface area contributed by atoms with E-state index in [1.54, 1.807) is 0 Å². The molecule has 1 N–H and O–H groups in total. The van der Waals surface area contributed by atoms with Gasteiger partial charge < -0.3 is 29.0 Å². The zero-order valence-electron chi connectivity index (χ0n) is 13.9. The Hall–Kier alpha value is -0.730. The number of carbonyl (C=O) groups is 1. The van der Waals surface area contributed by atoms with Crippen LogP contribution in [0.25, 0.3) is 0 Å². The van der Waals surface area contributed by atoms with Gasteiger partial charge in [0.05, 0.1) is 46.2 Å². The smallest absolute Gasteiger partial charge is 0.246 e. The third kappa shape index (κ3) is 17.3. The molecular formula is C15H31NO6. The van der Waals surface area contributed by atoms with Gasteiger partial charge in [-0.15, -0.1) is 0 Å². The van der Waals surface area contributed by atoms with Gasteiger partial charge in [-0.2, -0.15) is 0 Å². The van der Waals surface area contributed by atoms with Gasteiger partial charge in [-0.1, -0.05) is 13.3 Å². The van der Waals surface area contributed by atoms with Crippen LogP contribution in [0.15, 0.2) is 0 Å². The van der Waals surface area contributed by atoms with E-state index in [2.05, 4.69) is 17.0 Å². The second-order valence-electron chi connectivity index (χ2n) is 4.59. The van der Waals surface area contributed by atoms with Crippen LogP contribution in [0.1, 0.15) is 19.8 Å². The van der Waals surface area contributed by atoms with Gasteiger partial charge in [0, 0.05) is 20.3 Å². The van der Waals surface area contributed by atoms with E-state index < -0.39 is 0 Å². The van der Waals surface area contributed by atoms with E-state index >= 15 is 0 Å². The van der Waals surface area contributed by atoms with Crippen LogP contribution in [0.4, 0.5) is 0 Å². The summed E-state index contributed by atoms with van der Waals surface area (Å²) in [5.74, 6) is -0.141. The summed E-state index contributed by atoms with van der Waals surface area (Å²) in [5.41, 5.74) is 0. The summed E-state index contributed by atoms with van der Waals surface area (Å²) in [6, 6.07) is 0. The van der Waals surface area contributed by atoms with Crippen molar-refractivity contribution in [1.29, 1.82) is 0 Å². The van der Waals surface area contributed by atoms with Crippen LogP contribution in [-0.2, 0) is 28.5 Å². The molecule has 0 radical (unpaired) electrons. The van der Waals surface area contributed by atoms with Crippen LogP contribution in [-0.4, -0.2) is 79.0 Å². The van der Waals surface area contributed by atoms with Gasteiger partial charge >= 0.3 is 0 Å². The number of unbranched alkanes of at least 4 members (excludes halogenated alkanes) is 1. The minimum Gasteiger partial charge on any atom is -0.379 e. The van der Waals surface area contributed by atoms with Crippen LogP contribution in [0.3, 0.4) is 0 Å². The summed E-state index contributed by atoms with van der Waals surface area (Å²) in [7, 11) is 1.48. The number of methoxy groups -OCH3 is 1. The lowest BCUT2D eigenvalue weighted by Gasteiger charge is -2.08. The fraction of sp³-hybridized carbons (Fsp3) is 0.933. The largest absolute Gasteiger partial charge is 0.379 e. The number of nitrogens with one attached hydrogen (secondary N) is 1. The number of hydrogen-bond donors (Lipinski definition) is 1. The molecule has 0 aliphatic carbocycles. The van der Waals surface area contributed by atoms with Gasteiger partial charge in [0.15, 0.2) is 0 Å². The SMILES string of the molecule is CCCCOCCOCCOCCOCCNC(=O)COC. The van der Waals surface area contributed by atoms with Gasteiger partial charge in [0.25, 0.3) is 0 Å². The van der Waals surface area contributed by atoms with Crippen LogP contribution < -0.4 is 5.32 Å². The minimum absolute atomic E-state index is 0.0761. The van der Waals surface area contributed by atoms with E-state index in [-0.39, 0.29) is 12.5 Å². The van der Waals surface area contributed by atoms with Crippen molar-refractivity contribution >= 4 is 5.91 Å². The van der Waals surface area contributed by atoms with Crippen molar-refractivity contribution in [3.63, 3.8) is 0 Å². The van der Waals surface area contributed by atoms with Crippen molar-refractivity contribution < 1.29 is 28.5 Å². The molecule has 0 atom stereocenters. The van der Waals surface area contributed by atoms with Gasteiger partial charge in [0.2, 0.25) is 5.91 Å². The van der Waals surface area contributed by atoms with Crippen LogP contribution in [0.5, 0.6) is 0 Å². The maximum Gasteiger partial charge on any atom is 0.246 e. The molecule has 0 rings (SSSR count). The fourth-order valence-corrected chi connectivity index (χ4v) is 1.45. The lowest BCUT2D eigenvalue weighted by molar-refractivity contribution is -0.125. The fourth-order valence-electron chi connectivity index (χ4n) is 1.45. The van der Waals surface area contributed by atoms with Gasteiger partial charge in [0.1, 0.15) is 6.61 Å². The molecule has 7 heteroatoms. The Balaban J connectivity index is 3.01. The average molecular weight is 321 g/mol. The molecule has 0 unspecified atom stereocenters. The molecule has 0 aromatic rings. The molecule has 0 aromatic carbocycles. The Bertz CT molecular complexity index is 240. The number of carbonyl (C=O) groups excluding carboxylic acids is 1. The number of ether oxygens (including phenoxy) is 5. The normalized spacial score (nSPS) is 10.8. The maximum absolute atomic E-state index is 11.0. The van der Waals surface area contributed by atoms with E-state index in [4.69, 9.17) is 18.9 Å². The summed E-state index contributed by atoms with van der Waals surface area (Å²) in [6.07, 6.45) is 2.25. The second-order valence-corrected chi connectivity index (χ2v) is 4.59. The maximum atomic E-state index is 11.0. The number of hydrogen-bond acceptors (Lipinski definition) is 6. The lowest BCUT2D eigenvalue weighted by atomic mass is 10.4. The predicted molar refractivity (Wildman–Crippen MR) is 83.1 cm³/mol. The standard InChI is InChI=1S/C15H31NO6/c1-3-4-6-19-8-10-21-12-13-22-11-9-20-7-5-16-15(17)14-18-2/h3-14H2,1-2H3,(H,16,17). The van der Waals surface area contributed by atoms with Crippen LogP contribution >= 0.6 is 0 Å². The Labute approximate surface area is 133 Å². The zero-order valence-corrected chi connectivity index (χ0v) is 13.9. The summed E-state index contributed by atoms with van der Waals surface area (Å²) >= 11 is 0. The quantitative estimate of drug-likeness (QED) is 0.396. The topological polar surface area (TPSA) is 75.3 Å². The molecule has 0 spiro atoms. The average Bonchev–Trinajstić information content (AvgIpc) is 2.51. The van der Waals surface area contributed by atoms with Crippen molar-refractivity contribution in [2.45, 2.75) is 19.8 Å². The molecule has 7 nitrogen and oxygen atoms in total. The van der Waals surface area contributed by atoms with E-state index in [1.807, 2.05) is 0 Å². The monoisotopic (exact) mass is 321 g/mol. The zero-order chi connectivity index (χ0) is 16.3. The van der Waals surface area contributed by atoms with Crippen molar-refractivity contribution in [1.82, 2.24) is 5.32 Å². The molecule has 0 aliphatic heterocycles. The first-order chi connectivity index (χ1) is 10.8. The second kappa shape index (κ2) is 18.3. The van der Waals surface area contributed by atoms with E-state index in [9.17, 15) is 4.79 Å². The molecule has 0 bridgehead atoms. The number of amides is 1. The first-order valence-corrected chi connectivity index (χ1v) is 7.87. The van der Waals surface area contributed by atoms with Gasteiger partial charge in [-0.3, -0.25) is 4.79 Å². The molecule has 0 fully saturated rings. The van der Waals surface area contributed by atoms with Crippen molar-refractivity contribution in [3.05, 3.63) is 0 Å². The van der Waals surface area contributed by atoms with E-state index in [0.29, 0.717) is 52.8 Å². The van der Waals surface area contributed by atoms with Crippen molar-refractivity contribution in [2.24, 2.45) is 0 Å². The molecule has 0 aliphatic rings. The highest BCUT2D eigenvalue weighted by Gasteiger charge is 1.98. The van der Waals surface area contributed by atoms with E-state index in [1.165, 1.54) is 7.11 Å². The molecule has 1 amide bonds. The lowest BCUT2D eigenvalue weighted by Crippen LogP contribution is -2.30. The van der Waals surface area contributed by atoms with Gasteiger partial charge in [-0.05, 0) is 6.42 Å². The Morgan fingerprint density at radius 2 is 1.32 bits per heavy atom. The molecule has 22 heavy (non-hydrogen) atoms. The summed E-state index contributed by atoms with van der Waals surface area (Å²) in [4.78, 5) is 11.0. The summed E-state index contributed by atoms with van der Waals surface area (Å²) in [5, 5.41) is 2.67. The molecule has 132 valence electrons. The first kappa shape index (κ1) is 21.3. The van der Waals surface area contributed by atoms with Gasteiger partial charge in [-0.25, -0.2) is 0 Å². The third-order valence-electron chi connectivity index (χ3n) is 2.60. The van der Waals surface area contributed by atoms with Crippen LogP contribution in [0.2, 0.25) is 0 Å². The highest BCUT2D eigenvalue weighted by molar-refractivity contribution is 5.77. The summed E-state index contributed by atoms with van der Waals surface area (Å²) < 4.78 is 26.1. The molecule has 0 aromatic heterocycles. The van der Waals surface area contributed by atoms with Crippen LogP contribution in [0, 0.1) is 0 Å². The Kier molecular flexibility index (Phi) is 17.7. The molecule has 0 saturated heterocycles. The predicted octanol–water partition coefficient (Wildman–Crippen LogP) is 0.616. The van der Waals surface area contributed by atoms with Crippen molar-refractivity contribution in [2.75, 3.05) is 73.1 Å². The Morgan fingerprint density at radius 3 is 1.82 bits per heavy atom. The minimum atomic E-state index is -0.141. The molecule has 0 saturated carbocycles. The molecule has 0 heterocycles. The first-order valence-electron chi connectivity index (χ1n) is 7.87. The number of rotatable bonds is 17. The van der Waals surface area contributed by atoms with Crippen molar-refractivity contribution in [3.8, 4) is 0 Å². The third-order valence-corrected chi connectivity index (χ3v) is 2.60. The molecular weight excluding hydrogens is 290 g/mol.